The molecule has 0 bridgehead atoms. The minimum Gasteiger partial charge on any atom is -0.477 e. The van der Waals surface area contributed by atoms with E-state index in [0.717, 1.165) is 23.3 Å². The van der Waals surface area contributed by atoms with Gasteiger partial charge in [-0.25, -0.2) is 4.79 Å². The van der Waals surface area contributed by atoms with Crippen LogP contribution in [0.1, 0.15) is 32.0 Å². The second kappa shape index (κ2) is 7.59. The fraction of sp³-hybridized carbons (Fsp3) is 0.333. The van der Waals surface area contributed by atoms with Gasteiger partial charge in [0.25, 0.3) is 5.91 Å². The van der Waals surface area contributed by atoms with Gasteiger partial charge >= 0.3 is 5.97 Å². The molecule has 1 N–H and O–H groups in total. The summed E-state index contributed by atoms with van der Waals surface area (Å²) >= 11 is 1.09. The van der Waals surface area contributed by atoms with Crippen LogP contribution < -0.4 is 0 Å². The Hall–Kier alpha value is -2.18. The van der Waals surface area contributed by atoms with Crippen LogP contribution >= 0.6 is 11.3 Å². The number of likely N-dealkylation sites (tertiary alicyclic amines) is 1. The first-order valence-corrected chi connectivity index (χ1v) is 8.74. The van der Waals surface area contributed by atoms with E-state index in [9.17, 15) is 9.59 Å². The highest BCUT2D eigenvalue weighted by Gasteiger charge is 2.28. The zero-order chi connectivity index (χ0) is 16.9. The van der Waals surface area contributed by atoms with Gasteiger partial charge < -0.3 is 14.7 Å². The molecule has 6 heteroatoms. The number of ether oxygens (including phenoxy) is 1. The van der Waals surface area contributed by atoms with Crippen molar-refractivity contribution in [2.24, 2.45) is 5.92 Å². The smallest absolute Gasteiger partial charge is 0.345 e. The SMILES string of the molecule is O=C(O)c1cc(C(=O)N2CCC(COCc3ccccc3)C2)cs1. The molecule has 1 aromatic heterocycles. The van der Waals surface area contributed by atoms with Crippen molar-refractivity contribution in [3.63, 3.8) is 0 Å². The summed E-state index contributed by atoms with van der Waals surface area (Å²) in [5, 5.41) is 10.6. The molecule has 5 nitrogen and oxygen atoms in total. The predicted molar refractivity (Wildman–Crippen MR) is 91.4 cm³/mol. The molecule has 1 unspecified atom stereocenters. The Kier molecular flexibility index (Phi) is 5.27. The van der Waals surface area contributed by atoms with Gasteiger partial charge in [0.05, 0.1) is 18.8 Å². The Bertz CT molecular complexity index is 713. The Balaban J connectivity index is 1.47. The van der Waals surface area contributed by atoms with E-state index in [1.165, 1.54) is 6.07 Å². The van der Waals surface area contributed by atoms with E-state index in [1.807, 2.05) is 30.3 Å². The van der Waals surface area contributed by atoms with Gasteiger partial charge in [-0.3, -0.25) is 4.79 Å². The number of carbonyl (C=O) groups excluding carboxylic acids is 1. The average molecular weight is 345 g/mol. The first kappa shape index (κ1) is 16.7. The van der Waals surface area contributed by atoms with Crippen LogP contribution in [-0.4, -0.2) is 41.6 Å². The average Bonchev–Trinajstić information content (AvgIpc) is 3.25. The highest BCUT2D eigenvalue weighted by molar-refractivity contribution is 7.12. The van der Waals surface area contributed by atoms with E-state index in [2.05, 4.69) is 0 Å². The highest BCUT2D eigenvalue weighted by Crippen LogP contribution is 2.22. The fourth-order valence-electron chi connectivity index (χ4n) is 2.81. The van der Waals surface area contributed by atoms with Crippen LogP contribution in [-0.2, 0) is 11.3 Å². The first-order valence-electron chi connectivity index (χ1n) is 7.86. The highest BCUT2D eigenvalue weighted by atomic mass is 32.1. The molecule has 1 atom stereocenters. The number of rotatable bonds is 6. The summed E-state index contributed by atoms with van der Waals surface area (Å²) in [4.78, 5) is 25.3. The number of carboxylic acids is 1. The molecule has 24 heavy (non-hydrogen) atoms. The number of thiophene rings is 1. The lowest BCUT2D eigenvalue weighted by atomic mass is 10.1. The van der Waals surface area contributed by atoms with Crippen molar-refractivity contribution in [3.05, 3.63) is 57.8 Å². The van der Waals surface area contributed by atoms with Crippen molar-refractivity contribution in [1.82, 2.24) is 4.90 Å². The van der Waals surface area contributed by atoms with Crippen molar-refractivity contribution < 1.29 is 19.4 Å². The van der Waals surface area contributed by atoms with Gasteiger partial charge in [0.15, 0.2) is 0 Å². The summed E-state index contributed by atoms with van der Waals surface area (Å²) < 4.78 is 5.76. The van der Waals surface area contributed by atoms with Gasteiger partial charge in [0, 0.05) is 24.4 Å². The summed E-state index contributed by atoms with van der Waals surface area (Å²) in [6.07, 6.45) is 0.913. The lowest BCUT2D eigenvalue weighted by Crippen LogP contribution is -2.29. The topological polar surface area (TPSA) is 66.8 Å². The van der Waals surface area contributed by atoms with E-state index >= 15 is 0 Å². The zero-order valence-electron chi connectivity index (χ0n) is 13.2. The molecule has 126 valence electrons. The van der Waals surface area contributed by atoms with Crippen molar-refractivity contribution in [1.29, 1.82) is 0 Å². The second-order valence-corrected chi connectivity index (χ2v) is 6.82. The largest absolute Gasteiger partial charge is 0.477 e. The Labute approximate surface area is 144 Å². The number of benzene rings is 1. The first-order chi connectivity index (χ1) is 11.6. The van der Waals surface area contributed by atoms with E-state index in [4.69, 9.17) is 9.84 Å². The van der Waals surface area contributed by atoms with Gasteiger partial charge in [0.1, 0.15) is 4.88 Å². The third-order valence-corrected chi connectivity index (χ3v) is 5.01. The van der Waals surface area contributed by atoms with Crippen molar-refractivity contribution >= 4 is 23.2 Å². The third-order valence-electron chi connectivity index (χ3n) is 4.10. The molecule has 1 fully saturated rings. The standard InChI is InChI=1S/C18H19NO4S/c20-17(15-8-16(18(21)22)24-12-15)19-7-6-14(9-19)11-23-10-13-4-2-1-3-5-13/h1-5,8,12,14H,6-7,9-11H2,(H,21,22). The maximum absolute atomic E-state index is 12.4. The summed E-state index contributed by atoms with van der Waals surface area (Å²) in [7, 11) is 0. The van der Waals surface area contributed by atoms with E-state index in [0.29, 0.717) is 37.8 Å². The summed E-state index contributed by atoms with van der Waals surface area (Å²) in [6, 6.07) is 11.5. The number of aromatic carboxylic acids is 1. The molecule has 3 rings (SSSR count). The molecule has 0 radical (unpaired) electrons. The predicted octanol–water partition coefficient (Wildman–Crippen LogP) is 3.13. The van der Waals surface area contributed by atoms with Crippen LogP contribution in [0.4, 0.5) is 0 Å². The molecular formula is C18H19NO4S. The van der Waals surface area contributed by atoms with Gasteiger partial charge in [-0.2, -0.15) is 0 Å². The lowest BCUT2D eigenvalue weighted by molar-refractivity contribution is 0.0702. The van der Waals surface area contributed by atoms with E-state index < -0.39 is 5.97 Å². The molecule has 2 aromatic rings. The van der Waals surface area contributed by atoms with Crippen molar-refractivity contribution in [2.75, 3.05) is 19.7 Å². The molecule has 0 saturated carbocycles. The fourth-order valence-corrected chi connectivity index (χ4v) is 3.53. The summed E-state index contributed by atoms with van der Waals surface area (Å²) in [5.74, 6) is -0.757. The van der Waals surface area contributed by atoms with Crippen LogP contribution in [0.3, 0.4) is 0 Å². The Morgan fingerprint density at radius 1 is 1.29 bits per heavy atom. The van der Waals surface area contributed by atoms with Crippen LogP contribution in [0, 0.1) is 5.92 Å². The van der Waals surface area contributed by atoms with Gasteiger partial charge in [-0.05, 0) is 18.1 Å². The van der Waals surface area contributed by atoms with Gasteiger partial charge in [0.2, 0.25) is 0 Å². The molecule has 1 aliphatic rings. The van der Waals surface area contributed by atoms with Gasteiger partial charge in [-0.15, -0.1) is 11.3 Å². The Morgan fingerprint density at radius 3 is 2.79 bits per heavy atom. The van der Waals surface area contributed by atoms with E-state index in [1.54, 1.807) is 10.3 Å². The van der Waals surface area contributed by atoms with Crippen LogP contribution in [0.2, 0.25) is 0 Å². The number of carbonyl (C=O) groups is 2. The second-order valence-electron chi connectivity index (χ2n) is 5.91. The number of nitrogens with zero attached hydrogens (tertiary/aromatic N) is 1. The summed E-state index contributed by atoms with van der Waals surface area (Å²) in [6.45, 7) is 2.56. The summed E-state index contributed by atoms with van der Waals surface area (Å²) in [5.41, 5.74) is 1.60. The lowest BCUT2D eigenvalue weighted by Gasteiger charge is -2.16. The molecular weight excluding hydrogens is 326 g/mol. The van der Waals surface area contributed by atoms with Crippen LogP contribution in [0.5, 0.6) is 0 Å². The minimum absolute atomic E-state index is 0.0932. The minimum atomic E-state index is -0.993. The molecule has 0 spiro atoms. The number of amides is 1. The number of carboxylic acid groups (broad SMARTS) is 1. The Morgan fingerprint density at radius 2 is 2.08 bits per heavy atom. The molecule has 2 heterocycles. The maximum Gasteiger partial charge on any atom is 0.345 e. The molecule has 1 saturated heterocycles. The molecule has 1 aliphatic heterocycles. The normalized spacial score (nSPS) is 17.2. The zero-order valence-corrected chi connectivity index (χ0v) is 14.0. The van der Waals surface area contributed by atoms with Crippen LogP contribution in [0.25, 0.3) is 0 Å². The van der Waals surface area contributed by atoms with Gasteiger partial charge in [-0.1, -0.05) is 30.3 Å². The number of hydrogen-bond acceptors (Lipinski definition) is 4. The maximum atomic E-state index is 12.4. The van der Waals surface area contributed by atoms with E-state index in [-0.39, 0.29) is 10.8 Å². The van der Waals surface area contributed by atoms with Crippen molar-refractivity contribution in [2.45, 2.75) is 13.0 Å². The van der Waals surface area contributed by atoms with Crippen LogP contribution in [0.15, 0.2) is 41.8 Å². The molecule has 1 amide bonds. The molecule has 1 aromatic carbocycles. The quantitative estimate of drug-likeness (QED) is 0.873. The third kappa shape index (κ3) is 4.01. The molecule has 0 aliphatic carbocycles. The van der Waals surface area contributed by atoms with Crippen molar-refractivity contribution in [3.8, 4) is 0 Å². The monoisotopic (exact) mass is 345 g/mol. The number of hydrogen-bond donors (Lipinski definition) is 1.